The summed E-state index contributed by atoms with van der Waals surface area (Å²) in [5, 5.41) is 14.5. The summed E-state index contributed by atoms with van der Waals surface area (Å²) in [6, 6.07) is 10.9. The maximum atomic E-state index is 11.9. The number of aliphatic hydroxyl groups excluding tert-OH is 1. The van der Waals surface area contributed by atoms with Gasteiger partial charge in [-0.05, 0) is 24.3 Å². The Morgan fingerprint density at radius 3 is 2.79 bits per heavy atom. The number of para-hydroxylation sites is 1. The molecule has 2 rings (SSSR count). The van der Waals surface area contributed by atoms with Crippen molar-refractivity contribution in [1.29, 1.82) is 0 Å². The molecule has 2 aromatic rings. The van der Waals surface area contributed by atoms with Crippen molar-refractivity contribution in [3.63, 3.8) is 0 Å². The lowest BCUT2D eigenvalue weighted by Crippen LogP contribution is -2.27. The molecule has 0 bridgehead atoms. The van der Waals surface area contributed by atoms with Crippen LogP contribution in [-0.2, 0) is 6.54 Å². The highest BCUT2D eigenvalue weighted by atomic mass is 16.3. The molecule has 0 saturated heterocycles. The van der Waals surface area contributed by atoms with E-state index in [9.17, 15) is 4.79 Å². The topological polar surface area (TPSA) is 74.5 Å². The quantitative estimate of drug-likeness (QED) is 0.737. The number of anilines is 1. The molecule has 3 N–H and O–H groups in total. The third kappa shape index (κ3) is 3.59. The highest BCUT2D eigenvalue weighted by Gasteiger charge is 2.10. The van der Waals surface area contributed by atoms with Crippen molar-refractivity contribution in [1.82, 2.24) is 5.32 Å². The Kier molecular flexibility index (Phi) is 4.58. The van der Waals surface area contributed by atoms with Gasteiger partial charge in [-0.3, -0.25) is 4.79 Å². The van der Waals surface area contributed by atoms with Crippen molar-refractivity contribution < 1.29 is 14.3 Å². The van der Waals surface area contributed by atoms with Gasteiger partial charge in [0.25, 0.3) is 5.91 Å². The number of hydrogen-bond acceptors (Lipinski definition) is 4. The van der Waals surface area contributed by atoms with Gasteiger partial charge in [0.15, 0.2) is 0 Å². The molecule has 0 aliphatic heterocycles. The fourth-order valence-electron chi connectivity index (χ4n) is 1.70. The van der Waals surface area contributed by atoms with Crippen LogP contribution >= 0.6 is 0 Å². The predicted molar refractivity (Wildman–Crippen MR) is 71.9 cm³/mol. The van der Waals surface area contributed by atoms with Crippen LogP contribution in [0.25, 0.3) is 0 Å². The van der Waals surface area contributed by atoms with Gasteiger partial charge in [-0.1, -0.05) is 12.1 Å². The molecule has 0 aliphatic rings. The zero-order chi connectivity index (χ0) is 13.5. The third-order valence-corrected chi connectivity index (χ3v) is 2.60. The number of carbonyl (C=O) groups is 1. The maximum Gasteiger partial charge on any atom is 0.253 e. The first kappa shape index (κ1) is 13.2. The Bertz CT molecular complexity index is 523. The number of nitrogens with one attached hydrogen (secondary N) is 2. The minimum Gasteiger partial charge on any atom is -0.467 e. The van der Waals surface area contributed by atoms with Crippen LogP contribution in [0, 0.1) is 0 Å². The summed E-state index contributed by atoms with van der Waals surface area (Å²) in [6.45, 7) is 0.677. The van der Waals surface area contributed by atoms with E-state index in [1.165, 1.54) is 0 Å². The van der Waals surface area contributed by atoms with Gasteiger partial charge in [-0.25, -0.2) is 0 Å². The average molecular weight is 260 g/mol. The zero-order valence-electron chi connectivity index (χ0n) is 10.4. The van der Waals surface area contributed by atoms with Crippen molar-refractivity contribution in [2.24, 2.45) is 0 Å². The lowest BCUT2D eigenvalue weighted by molar-refractivity contribution is 0.0945. The van der Waals surface area contributed by atoms with E-state index >= 15 is 0 Å². The molecule has 0 atom stereocenters. The summed E-state index contributed by atoms with van der Waals surface area (Å²) in [5.74, 6) is 0.585. The number of amides is 1. The normalized spacial score (nSPS) is 10.2. The molecule has 0 radical (unpaired) electrons. The van der Waals surface area contributed by atoms with E-state index < -0.39 is 0 Å². The van der Waals surface area contributed by atoms with E-state index in [0.717, 1.165) is 11.4 Å². The second-order valence-electron chi connectivity index (χ2n) is 3.96. The van der Waals surface area contributed by atoms with Gasteiger partial charge in [0.05, 0.1) is 25.0 Å². The Labute approximate surface area is 111 Å². The summed E-state index contributed by atoms with van der Waals surface area (Å²) in [5.41, 5.74) is 1.27. The first-order valence-corrected chi connectivity index (χ1v) is 6.05. The van der Waals surface area contributed by atoms with Crippen molar-refractivity contribution >= 4 is 11.6 Å². The average Bonchev–Trinajstić information content (AvgIpc) is 2.96. The summed E-state index contributed by atoms with van der Waals surface area (Å²) in [6.07, 6.45) is 1.61. The number of hydrogen-bond donors (Lipinski definition) is 3. The number of benzene rings is 1. The van der Waals surface area contributed by atoms with Crippen molar-refractivity contribution in [3.05, 3.63) is 54.0 Å². The molecule has 1 aromatic heterocycles. The first-order chi connectivity index (χ1) is 9.31. The molecule has 0 fully saturated rings. The molecule has 5 heteroatoms. The number of furan rings is 1. The molecule has 0 saturated carbocycles. The second kappa shape index (κ2) is 6.61. The minimum absolute atomic E-state index is 0.0757. The summed E-state index contributed by atoms with van der Waals surface area (Å²) in [7, 11) is 0. The number of aliphatic hydroxyl groups is 1. The Morgan fingerprint density at radius 2 is 2.05 bits per heavy atom. The molecule has 1 aromatic carbocycles. The van der Waals surface area contributed by atoms with Gasteiger partial charge in [0.1, 0.15) is 5.76 Å². The molecule has 1 heterocycles. The van der Waals surface area contributed by atoms with Gasteiger partial charge in [0, 0.05) is 12.2 Å². The predicted octanol–water partition coefficient (Wildman–Crippen LogP) is 1.61. The van der Waals surface area contributed by atoms with E-state index in [-0.39, 0.29) is 19.1 Å². The number of rotatable bonds is 6. The summed E-state index contributed by atoms with van der Waals surface area (Å²) in [4.78, 5) is 11.9. The molecular formula is C14H16N2O3. The monoisotopic (exact) mass is 260 g/mol. The maximum absolute atomic E-state index is 11.9. The standard InChI is InChI=1S/C14H16N2O3/c17-8-7-15-14(18)12-5-1-2-6-13(12)16-10-11-4-3-9-19-11/h1-6,9,16-17H,7-8,10H2,(H,15,18). The fraction of sp³-hybridized carbons (Fsp3) is 0.214. The van der Waals surface area contributed by atoms with Gasteiger partial charge in [-0.15, -0.1) is 0 Å². The van der Waals surface area contributed by atoms with Gasteiger partial charge < -0.3 is 20.2 Å². The van der Waals surface area contributed by atoms with Crippen LogP contribution < -0.4 is 10.6 Å². The third-order valence-electron chi connectivity index (χ3n) is 2.60. The van der Waals surface area contributed by atoms with Gasteiger partial charge in [0.2, 0.25) is 0 Å². The molecular weight excluding hydrogens is 244 g/mol. The Hall–Kier alpha value is -2.27. The van der Waals surface area contributed by atoms with Crippen LogP contribution in [0.3, 0.4) is 0 Å². The summed E-state index contributed by atoms with van der Waals surface area (Å²) >= 11 is 0. The molecule has 19 heavy (non-hydrogen) atoms. The Balaban J connectivity index is 2.05. The highest BCUT2D eigenvalue weighted by molar-refractivity contribution is 5.99. The number of carbonyl (C=O) groups excluding carboxylic acids is 1. The molecule has 0 spiro atoms. The molecule has 0 unspecified atom stereocenters. The fourth-order valence-corrected chi connectivity index (χ4v) is 1.70. The van der Waals surface area contributed by atoms with Crippen molar-refractivity contribution in [2.75, 3.05) is 18.5 Å². The lowest BCUT2D eigenvalue weighted by Gasteiger charge is -2.10. The second-order valence-corrected chi connectivity index (χ2v) is 3.96. The van der Waals surface area contributed by atoms with Crippen LogP contribution in [0.1, 0.15) is 16.1 Å². The van der Waals surface area contributed by atoms with E-state index in [0.29, 0.717) is 12.1 Å². The molecule has 5 nitrogen and oxygen atoms in total. The van der Waals surface area contributed by atoms with Gasteiger partial charge >= 0.3 is 0 Å². The van der Waals surface area contributed by atoms with Crippen LogP contribution in [0.15, 0.2) is 47.1 Å². The minimum atomic E-state index is -0.211. The highest BCUT2D eigenvalue weighted by Crippen LogP contribution is 2.16. The van der Waals surface area contributed by atoms with E-state index in [2.05, 4.69) is 10.6 Å². The van der Waals surface area contributed by atoms with Crippen LogP contribution in [0.5, 0.6) is 0 Å². The molecule has 1 amide bonds. The SMILES string of the molecule is O=C(NCCO)c1ccccc1NCc1ccco1. The lowest BCUT2D eigenvalue weighted by atomic mass is 10.1. The zero-order valence-corrected chi connectivity index (χ0v) is 10.4. The molecule has 0 aliphatic carbocycles. The van der Waals surface area contributed by atoms with Crippen molar-refractivity contribution in [3.8, 4) is 0 Å². The van der Waals surface area contributed by atoms with Gasteiger partial charge in [-0.2, -0.15) is 0 Å². The van der Waals surface area contributed by atoms with Crippen molar-refractivity contribution in [2.45, 2.75) is 6.54 Å². The Morgan fingerprint density at radius 1 is 1.21 bits per heavy atom. The first-order valence-electron chi connectivity index (χ1n) is 6.05. The van der Waals surface area contributed by atoms with E-state index in [1.807, 2.05) is 24.3 Å². The van der Waals surface area contributed by atoms with Crippen LogP contribution in [0.4, 0.5) is 5.69 Å². The van der Waals surface area contributed by atoms with E-state index in [1.54, 1.807) is 18.4 Å². The largest absolute Gasteiger partial charge is 0.467 e. The van der Waals surface area contributed by atoms with E-state index in [4.69, 9.17) is 9.52 Å². The van der Waals surface area contributed by atoms with Crippen LogP contribution in [-0.4, -0.2) is 24.2 Å². The van der Waals surface area contributed by atoms with Crippen LogP contribution in [0.2, 0.25) is 0 Å². The molecule has 100 valence electrons. The summed E-state index contributed by atoms with van der Waals surface area (Å²) < 4.78 is 5.22. The smallest absolute Gasteiger partial charge is 0.253 e.